The number of hydrogen-bond acceptors (Lipinski definition) is 4. The lowest BCUT2D eigenvalue weighted by Crippen LogP contribution is -2.32. The Morgan fingerprint density at radius 2 is 2.17 bits per heavy atom. The standard InChI is InChI=1S/C13H18FNO3/c1-9-8-10(14)4-5-11(9)12(13(16)18-3)15-6-7-17-2/h4-5,8,12,15H,6-7H2,1-3H3. The number of carbonyl (C=O) groups is 1. The van der Waals surface area contributed by atoms with E-state index in [1.54, 1.807) is 20.1 Å². The van der Waals surface area contributed by atoms with Crippen LogP contribution in [0, 0.1) is 12.7 Å². The first-order chi connectivity index (χ1) is 8.60. The van der Waals surface area contributed by atoms with Crippen molar-refractivity contribution in [2.45, 2.75) is 13.0 Å². The lowest BCUT2D eigenvalue weighted by Gasteiger charge is -2.18. The summed E-state index contributed by atoms with van der Waals surface area (Å²) < 4.78 is 22.7. The Kier molecular flexibility index (Phi) is 5.74. The Hall–Kier alpha value is -1.46. The molecule has 1 atom stereocenters. The quantitative estimate of drug-likeness (QED) is 0.619. The minimum Gasteiger partial charge on any atom is -0.468 e. The van der Waals surface area contributed by atoms with Crippen LogP contribution in [0.2, 0.25) is 0 Å². The monoisotopic (exact) mass is 255 g/mol. The molecular formula is C13H18FNO3. The molecule has 1 aromatic carbocycles. The molecule has 0 fully saturated rings. The van der Waals surface area contributed by atoms with Crippen LogP contribution < -0.4 is 5.32 Å². The molecule has 0 aliphatic heterocycles. The molecule has 0 amide bonds. The fraction of sp³-hybridized carbons (Fsp3) is 0.462. The number of benzene rings is 1. The van der Waals surface area contributed by atoms with E-state index in [0.29, 0.717) is 24.3 Å². The maximum absolute atomic E-state index is 13.0. The van der Waals surface area contributed by atoms with E-state index in [1.807, 2.05) is 0 Å². The van der Waals surface area contributed by atoms with Crippen molar-refractivity contribution in [3.05, 3.63) is 35.1 Å². The molecule has 1 aromatic rings. The maximum atomic E-state index is 13.0. The zero-order valence-corrected chi connectivity index (χ0v) is 10.8. The van der Waals surface area contributed by atoms with Crippen LogP contribution in [-0.4, -0.2) is 33.3 Å². The molecule has 0 spiro atoms. The van der Waals surface area contributed by atoms with Gasteiger partial charge in [-0.2, -0.15) is 0 Å². The number of carbonyl (C=O) groups excluding carboxylic acids is 1. The maximum Gasteiger partial charge on any atom is 0.327 e. The SMILES string of the molecule is COCCNC(C(=O)OC)c1ccc(F)cc1C. The molecule has 0 saturated heterocycles. The van der Waals surface area contributed by atoms with Crippen LogP contribution in [0.25, 0.3) is 0 Å². The van der Waals surface area contributed by atoms with Gasteiger partial charge in [-0.25, -0.2) is 9.18 Å². The molecule has 5 heteroatoms. The molecule has 0 aromatic heterocycles. The van der Waals surface area contributed by atoms with Gasteiger partial charge in [0.25, 0.3) is 0 Å². The van der Waals surface area contributed by atoms with Crippen molar-refractivity contribution in [2.75, 3.05) is 27.4 Å². The van der Waals surface area contributed by atoms with Gasteiger partial charge in [-0.15, -0.1) is 0 Å². The van der Waals surface area contributed by atoms with Crippen LogP contribution in [-0.2, 0) is 14.3 Å². The summed E-state index contributed by atoms with van der Waals surface area (Å²) in [5, 5.41) is 3.03. The highest BCUT2D eigenvalue weighted by Gasteiger charge is 2.22. The summed E-state index contributed by atoms with van der Waals surface area (Å²) in [7, 11) is 2.91. The summed E-state index contributed by atoms with van der Waals surface area (Å²) in [5.41, 5.74) is 1.41. The van der Waals surface area contributed by atoms with Gasteiger partial charge >= 0.3 is 5.97 Å². The number of ether oxygens (including phenoxy) is 2. The first-order valence-corrected chi connectivity index (χ1v) is 5.66. The Labute approximate surface area is 106 Å². The summed E-state index contributed by atoms with van der Waals surface area (Å²) >= 11 is 0. The van der Waals surface area contributed by atoms with Crippen LogP contribution >= 0.6 is 0 Å². The van der Waals surface area contributed by atoms with Gasteiger partial charge in [0.05, 0.1) is 13.7 Å². The number of rotatable bonds is 6. The van der Waals surface area contributed by atoms with Gasteiger partial charge < -0.3 is 9.47 Å². The van der Waals surface area contributed by atoms with Crippen LogP contribution in [0.1, 0.15) is 17.2 Å². The highest BCUT2D eigenvalue weighted by Crippen LogP contribution is 2.19. The smallest absolute Gasteiger partial charge is 0.327 e. The Bertz CT molecular complexity index is 409. The number of hydrogen-bond donors (Lipinski definition) is 1. The van der Waals surface area contributed by atoms with Crippen molar-refractivity contribution in [1.29, 1.82) is 0 Å². The van der Waals surface area contributed by atoms with Crippen LogP contribution in [0.15, 0.2) is 18.2 Å². The largest absolute Gasteiger partial charge is 0.468 e. The molecule has 1 N–H and O–H groups in total. The second kappa shape index (κ2) is 7.08. The first-order valence-electron chi connectivity index (χ1n) is 5.66. The lowest BCUT2D eigenvalue weighted by molar-refractivity contribution is -0.143. The first kappa shape index (κ1) is 14.6. The average molecular weight is 255 g/mol. The van der Waals surface area contributed by atoms with Crippen molar-refractivity contribution in [1.82, 2.24) is 5.32 Å². The molecule has 1 rings (SSSR count). The predicted octanol–water partition coefficient (Wildman–Crippen LogP) is 1.58. The van der Waals surface area contributed by atoms with Gasteiger partial charge in [0.1, 0.15) is 11.9 Å². The van der Waals surface area contributed by atoms with Gasteiger partial charge in [-0.05, 0) is 30.2 Å². The van der Waals surface area contributed by atoms with E-state index in [-0.39, 0.29) is 5.82 Å². The van der Waals surface area contributed by atoms with Gasteiger partial charge in [-0.1, -0.05) is 6.07 Å². The molecule has 100 valence electrons. The van der Waals surface area contributed by atoms with Gasteiger partial charge in [0.15, 0.2) is 0 Å². The molecule has 0 radical (unpaired) electrons. The topological polar surface area (TPSA) is 47.6 Å². The van der Waals surface area contributed by atoms with E-state index in [4.69, 9.17) is 9.47 Å². The molecule has 4 nitrogen and oxygen atoms in total. The Morgan fingerprint density at radius 3 is 2.72 bits per heavy atom. The average Bonchev–Trinajstić information content (AvgIpc) is 2.35. The minimum atomic E-state index is -0.606. The van der Waals surface area contributed by atoms with Crippen molar-refractivity contribution in [3.63, 3.8) is 0 Å². The Morgan fingerprint density at radius 1 is 1.44 bits per heavy atom. The second-order valence-electron chi connectivity index (χ2n) is 3.90. The van der Waals surface area contributed by atoms with Crippen molar-refractivity contribution in [3.8, 4) is 0 Å². The molecule has 0 bridgehead atoms. The normalized spacial score (nSPS) is 12.2. The molecule has 0 saturated carbocycles. The number of esters is 1. The van der Waals surface area contributed by atoms with E-state index < -0.39 is 12.0 Å². The van der Waals surface area contributed by atoms with E-state index in [2.05, 4.69) is 5.32 Å². The molecule has 0 heterocycles. The van der Waals surface area contributed by atoms with E-state index in [1.165, 1.54) is 19.2 Å². The van der Waals surface area contributed by atoms with Crippen LogP contribution in [0.4, 0.5) is 4.39 Å². The molecular weight excluding hydrogens is 237 g/mol. The Balaban J connectivity index is 2.90. The zero-order valence-electron chi connectivity index (χ0n) is 10.8. The van der Waals surface area contributed by atoms with E-state index in [0.717, 1.165) is 0 Å². The molecule has 0 aliphatic rings. The number of methoxy groups -OCH3 is 2. The predicted molar refractivity (Wildman–Crippen MR) is 65.8 cm³/mol. The summed E-state index contributed by atoms with van der Waals surface area (Å²) in [4.78, 5) is 11.7. The fourth-order valence-electron chi connectivity index (χ4n) is 1.71. The van der Waals surface area contributed by atoms with Crippen molar-refractivity contribution >= 4 is 5.97 Å². The highest BCUT2D eigenvalue weighted by molar-refractivity contribution is 5.78. The fourth-order valence-corrected chi connectivity index (χ4v) is 1.71. The van der Waals surface area contributed by atoms with Crippen LogP contribution in [0.3, 0.4) is 0 Å². The molecule has 18 heavy (non-hydrogen) atoms. The summed E-state index contributed by atoms with van der Waals surface area (Å²) in [5.74, 6) is -0.724. The van der Waals surface area contributed by atoms with Crippen molar-refractivity contribution in [2.24, 2.45) is 0 Å². The van der Waals surface area contributed by atoms with Gasteiger partial charge in [0, 0.05) is 13.7 Å². The highest BCUT2D eigenvalue weighted by atomic mass is 19.1. The summed E-state index contributed by atoms with van der Waals surface area (Å²) in [6.07, 6.45) is 0. The summed E-state index contributed by atoms with van der Waals surface area (Å²) in [6, 6.07) is 3.71. The molecule has 0 aliphatic carbocycles. The number of nitrogens with one attached hydrogen (secondary N) is 1. The zero-order chi connectivity index (χ0) is 13.5. The van der Waals surface area contributed by atoms with Crippen molar-refractivity contribution < 1.29 is 18.7 Å². The minimum absolute atomic E-state index is 0.322. The van der Waals surface area contributed by atoms with E-state index >= 15 is 0 Å². The van der Waals surface area contributed by atoms with Crippen LogP contribution in [0.5, 0.6) is 0 Å². The molecule has 1 unspecified atom stereocenters. The second-order valence-corrected chi connectivity index (χ2v) is 3.90. The number of aryl methyl sites for hydroxylation is 1. The summed E-state index contributed by atoms with van der Waals surface area (Å²) in [6.45, 7) is 2.74. The lowest BCUT2D eigenvalue weighted by atomic mass is 10.0. The third-order valence-electron chi connectivity index (χ3n) is 2.63. The third kappa shape index (κ3) is 3.78. The van der Waals surface area contributed by atoms with Gasteiger partial charge in [-0.3, -0.25) is 5.32 Å². The third-order valence-corrected chi connectivity index (χ3v) is 2.63. The van der Waals surface area contributed by atoms with E-state index in [9.17, 15) is 9.18 Å². The van der Waals surface area contributed by atoms with Gasteiger partial charge in [0.2, 0.25) is 0 Å². The number of halogens is 1.